The van der Waals surface area contributed by atoms with Crippen molar-refractivity contribution in [2.45, 2.75) is 32.3 Å². The van der Waals surface area contributed by atoms with Gasteiger partial charge >= 0.3 is 5.97 Å². The van der Waals surface area contributed by atoms with Crippen LogP contribution in [0.1, 0.15) is 41.6 Å². The van der Waals surface area contributed by atoms with Crippen LogP contribution in [0.5, 0.6) is 0 Å². The Balaban J connectivity index is 2.17. The van der Waals surface area contributed by atoms with Gasteiger partial charge in [0.25, 0.3) is 5.69 Å². The van der Waals surface area contributed by atoms with Crippen molar-refractivity contribution in [3.63, 3.8) is 0 Å². The zero-order valence-corrected chi connectivity index (χ0v) is 13.5. The molecule has 0 amide bonds. The molecule has 2 aromatic rings. The van der Waals surface area contributed by atoms with E-state index < -0.39 is 17.0 Å². The van der Waals surface area contributed by atoms with Crippen LogP contribution in [0.4, 0.5) is 5.69 Å². The number of nitro groups is 1. The third-order valence-corrected chi connectivity index (χ3v) is 3.67. The number of carbonyl (C=O) groups is 1. The minimum absolute atomic E-state index is 0.00862. The lowest BCUT2D eigenvalue weighted by atomic mass is 9.90. The summed E-state index contributed by atoms with van der Waals surface area (Å²) in [5.74, 6) is -0.207. The van der Waals surface area contributed by atoms with Crippen LogP contribution in [0.15, 0.2) is 40.8 Å². The number of aliphatic hydroxyl groups is 1. The van der Waals surface area contributed by atoms with Gasteiger partial charge in [-0.15, -0.1) is 0 Å². The predicted octanol–water partition coefficient (Wildman–Crippen LogP) is 3.07. The molecule has 1 aromatic heterocycles. The molecular weight excluding hydrogens is 314 g/mol. The van der Waals surface area contributed by atoms with Gasteiger partial charge in [0.2, 0.25) is 5.76 Å². The molecule has 1 aromatic carbocycles. The number of furan rings is 1. The quantitative estimate of drug-likeness (QED) is 0.474. The Morgan fingerprint density at radius 2 is 1.96 bits per heavy atom. The number of nitro benzene ring substituents is 1. The number of esters is 1. The third-order valence-electron chi connectivity index (χ3n) is 3.67. The lowest BCUT2D eigenvalue weighted by Crippen LogP contribution is -2.17. The second-order valence-electron chi connectivity index (χ2n) is 5.39. The van der Waals surface area contributed by atoms with E-state index >= 15 is 0 Å². The molecule has 0 saturated carbocycles. The van der Waals surface area contributed by atoms with E-state index in [1.54, 1.807) is 32.0 Å². The maximum Gasteiger partial charge on any atom is 0.374 e. The Kier molecular flexibility index (Phi) is 5.70. The molecule has 1 heterocycles. The summed E-state index contributed by atoms with van der Waals surface area (Å²) in [5.41, 5.74) is 0.746. The van der Waals surface area contributed by atoms with E-state index in [0.717, 1.165) is 5.56 Å². The summed E-state index contributed by atoms with van der Waals surface area (Å²) in [5, 5.41) is 20.8. The number of ether oxygens (including phenoxy) is 1. The molecule has 24 heavy (non-hydrogen) atoms. The average Bonchev–Trinajstić information content (AvgIpc) is 3.01. The molecule has 2 atom stereocenters. The van der Waals surface area contributed by atoms with Crippen molar-refractivity contribution in [2.75, 3.05) is 6.61 Å². The monoisotopic (exact) mass is 333 g/mol. The van der Waals surface area contributed by atoms with E-state index in [9.17, 15) is 20.0 Å². The largest absolute Gasteiger partial charge is 0.460 e. The Morgan fingerprint density at radius 1 is 1.29 bits per heavy atom. The summed E-state index contributed by atoms with van der Waals surface area (Å²) in [6, 6.07) is 9.22. The fourth-order valence-electron chi connectivity index (χ4n) is 2.43. The van der Waals surface area contributed by atoms with E-state index in [4.69, 9.17) is 9.15 Å². The fourth-order valence-corrected chi connectivity index (χ4v) is 2.43. The van der Waals surface area contributed by atoms with E-state index in [0.29, 0.717) is 12.2 Å². The number of hydrogen-bond acceptors (Lipinski definition) is 6. The molecule has 0 spiro atoms. The van der Waals surface area contributed by atoms with Gasteiger partial charge in [0.15, 0.2) is 0 Å². The molecule has 7 nitrogen and oxygen atoms in total. The van der Waals surface area contributed by atoms with Crippen molar-refractivity contribution < 1.29 is 24.0 Å². The number of nitrogens with zero attached hydrogens (tertiary/aromatic N) is 1. The molecule has 0 fully saturated rings. The van der Waals surface area contributed by atoms with Crippen molar-refractivity contribution in [2.24, 2.45) is 0 Å². The fraction of sp³-hybridized carbons (Fsp3) is 0.353. The normalized spacial score (nSPS) is 13.3. The van der Waals surface area contributed by atoms with Crippen LogP contribution < -0.4 is 0 Å². The average molecular weight is 333 g/mol. The molecule has 0 radical (unpaired) electrons. The highest BCUT2D eigenvalue weighted by molar-refractivity contribution is 5.86. The molecule has 0 aliphatic rings. The van der Waals surface area contributed by atoms with Gasteiger partial charge < -0.3 is 14.3 Å². The smallest absolute Gasteiger partial charge is 0.374 e. The maximum atomic E-state index is 11.6. The summed E-state index contributed by atoms with van der Waals surface area (Å²) in [7, 11) is 0. The Hall–Kier alpha value is -2.67. The van der Waals surface area contributed by atoms with Crippen molar-refractivity contribution in [1.82, 2.24) is 0 Å². The number of carbonyl (C=O) groups excluding carboxylic acids is 1. The second-order valence-corrected chi connectivity index (χ2v) is 5.39. The molecule has 128 valence electrons. The zero-order chi connectivity index (χ0) is 17.7. The zero-order valence-electron chi connectivity index (χ0n) is 13.5. The van der Waals surface area contributed by atoms with Crippen LogP contribution in [0, 0.1) is 10.1 Å². The standard InChI is InChI=1S/C17H19NO6/c1-3-23-17(20)16-9-8-14(24-16)10-15(11(2)19)12-4-6-13(7-5-12)18(21)22/h4-9,11,15,19H,3,10H2,1-2H3/t11-,15-/m1/s1. The van der Waals surface area contributed by atoms with Gasteiger partial charge in [-0.25, -0.2) is 4.79 Å². The molecule has 0 aliphatic carbocycles. The molecule has 0 aliphatic heterocycles. The lowest BCUT2D eigenvalue weighted by molar-refractivity contribution is -0.384. The summed E-state index contributed by atoms with van der Waals surface area (Å²) in [4.78, 5) is 21.9. The molecule has 2 rings (SSSR count). The van der Waals surface area contributed by atoms with Crippen LogP contribution in [-0.2, 0) is 11.2 Å². The summed E-state index contributed by atoms with van der Waals surface area (Å²) in [6.45, 7) is 3.61. The van der Waals surface area contributed by atoms with Gasteiger partial charge in [-0.1, -0.05) is 12.1 Å². The lowest BCUT2D eigenvalue weighted by Gasteiger charge is -2.19. The minimum atomic E-state index is -0.692. The second kappa shape index (κ2) is 7.74. The Morgan fingerprint density at radius 3 is 2.50 bits per heavy atom. The highest BCUT2D eigenvalue weighted by Gasteiger charge is 2.22. The number of hydrogen-bond donors (Lipinski definition) is 1. The van der Waals surface area contributed by atoms with Crippen LogP contribution in [0.25, 0.3) is 0 Å². The van der Waals surface area contributed by atoms with E-state index in [-0.39, 0.29) is 24.0 Å². The van der Waals surface area contributed by atoms with Crippen molar-refractivity contribution in [3.05, 3.63) is 63.6 Å². The first kappa shape index (κ1) is 17.7. The highest BCUT2D eigenvalue weighted by atomic mass is 16.6. The molecule has 7 heteroatoms. The molecule has 0 unspecified atom stereocenters. The number of rotatable bonds is 7. The summed E-state index contributed by atoms with van der Waals surface area (Å²) in [6.07, 6.45) is -0.336. The van der Waals surface area contributed by atoms with Crippen molar-refractivity contribution in [1.29, 1.82) is 0 Å². The number of benzene rings is 1. The van der Waals surface area contributed by atoms with Gasteiger partial charge in [0.1, 0.15) is 5.76 Å². The maximum absolute atomic E-state index is 11.6. The van der Waals surface area contributed by atoms with Crippen LogP contribution in [0.2, 0.25) is 0 Å². The first-order chi connectivity index (χ1) is 11.4. The number of aliphatic hydroxyl groups excluding tert-OH is 1. The van der Waals surface area contributed by atoms with Crippen molar-refractivity contribution in [3.8, 4) is 0 Å². The minimum Gasteiger partial charge on any atom is -0.460 e. The Labute approximate surface area is 139 Å². The molecule has 1 N–H and O–H groups in total. The van der Waals surface area contributed by atoms with Crippen LogP contribution >= 0.6 is 0 Å². The van der Waals surface area contributed by atoms with Crippen molar-refractivity contribution >= 4 is 11.7 Å². The SMILES string of the molecule is CCOC(=O)c1ccc(C[C@@H](c2ccc([N+](=O)[O-])cc2)[C@@H](C)O)o1. The van der Waals surface area contributed by atoms with Crippen LogP contribution in [-0.4, -0.2) is 28.7 Å². The third kappa shape index (κ3) is 4.20. The van der Waals surface area contributed by atoms with Gasteiger partial charge in [-0.2, -0.15) is 0 Å². The van der Waals surface area contributed by atoms with E-state index in [1.807, 2.05) is 0 Å². The summed E-state index contributed by atoms with van der Waals surface area (Å²) < 4.78 is 10.3. The number of non-ortho nitro benzene ring substituents is 1. The van der Waals surface area contributed by atoms with E-state index in [1.165, 1.54) is 18.2 Å². The van der Waals surface area contributed by atoms with E-state index in [2.05, 4.69) is 0 Å². The van der Waals surface area contributed by atoms with Gasteiger partial charge in [0, 0.05) is 24.5 Å². The van der Waals surface area contributed by atoms with Gasteiger partial charge in [0.05, 0.1) is 17.6 Å². The first-order valence-corrected chi connectivity index (χ1v) is 7.60. The van der Waals surface area contributed by atoms with Crippen LogP contribution in [0.3, 0.4) is 0 Å². The molecular formula is C17H19NO6. The Bertz CT molecular complexity index is 704. The highest BCUT2D eigenvalue weighted by Crippen LogP contribution is 2.27. The summed E-state index contributed by atoms with van der Waals surface area (Å²) >= 11 is 0. The van der Waals surface area contributed by atoms with Gasteiger partial charge in [-0.3, -0.25) is 10.1 Å². The molecule has 0 saturated heterocycles. The first-order valence-electron chi connectivity index (χ1n) is 7.60. The predicted molar refractivity (Wildman–Crippen MR) is 85.9 cm³/mol. The van der Waals surface area contributed by atoms with Gasteiger partial charge in [-0.05, 0) is 31.5 Å². The molecule has 0 bridgehead atoms. The topological polar surface area (TPSA) is 103 Å².